The average molecular weight is 1210 g/mol. The van der Waals surface area contributed by atoms with Crippen LogP contribution in [0.5, 0.6) is 11.6 Å². The molecule has 0 bridgehead atoms. The van der Waals surface area contributed by atoms with Gasteiger partial charge in [0.25, 0.3) is 21.6 Å². The summed E-state index contributed by atoms with van der Waals surface area (Å²) in [7, 11) is -2.92. The molecule has 3 aromatic heterocycles. The third-order valence-corrected chi connectivity index (χ3v) is 21.1. The molecule has 4 N–H and O–H groups in total. The minimum absolute atomic E-state index is 0.106. The van der Waals surface area contributed by atoms with E-state index in [4.69, 9.17) is 28.9 Å². The fourth-order valence-corrected chi connectivity index (χ4v) is 15.9. The smallest absolute Gasteiger partial charge is 0.293 e. The Morgan fingerprint density at radius 2 is 1.69 bits per heavy atom. The summed E-state index contributed by atoms with van der Waals surface area (Å²) in [5.74, 6) is 2.05. The van der Waals surface area contributed by atoms with Crippen LogP contribution in [0.4, 0.5) is 34.3 Å². The van der Waals surface area contributed by atoms with Crippen LogP contribution in [0, 0.1) is 21.4 Å². The van der Waals surface area contributed by atoms with Gasteiger partial charge in [-0.1, -0.05) is 38.1 Å². The van der Waals surface area contributed by atoms with Crippen molar-refractivity contribution in [2.45, 2.75) is 119 Å². The lowest BCUT2D eigenvalue weighted by Gasteiger charge is -2.59. The van der Waals surface area contributed by atoms with E-state index in [0.29, 0.717) is 93.0 Å². The van der Waals surface area contributed by atoms with Gasteiger partial charge in [-0.25, -0.2) is 18.1 Å². The minimum Gasteiger partial charge on any atom is -0.493 e. The molecule has 1 aliphatic carbocycles. The predicted octanol–water partition coefficient (Wildman–Crippen LogP) is 8.96. The molecule has 9 heterocycles. The Morgan fingerprint density at radius 3 is 2.46 bits per heavy atom. The zero-order valence-corrected chi connectivity index (χ0v) is 51.1. The number of aromatic nitrogens is 3. The number of hydrogen-bond donors (Lipinski definition) is 4. The number of nitrogens with one attached hydrogen (secondary N) is 3. The van der Waals surface area contributed by atoms with Gasteiger partial charge in [-0.3, -0.25) is 24.7 Å². The van der Waals surface area contributed by atoms with E-state index in [2.05, 4.69) is 83.7 Å². The number of nitrogens with zero attached hydrogens (tertiary/aromatic N) is 8. The maximum absolute atomic E-state index is 14.9. The quantitative estimate of drug-likeness (QED) is 0.0523. The zero-order chi connectivity index (χ0) is 60.2. The molecule has 6 fully saturated rings. The summed E-state index contributed by atoms with van der Waals surface area (Å²) in [4.78, 5) is 51.4. The molecule has 3 aromatic carbocycles. The second-order valence-electron chi connectivity index (χ2n) is 25.9. The van der Waals surface area contributed by atoms with Crippen molar-refractivity contribution in [2.24, 2.45) is 11.3 Å². The summed E-state index contributed by atoms with van der Waals surface area (Å²) in [5, 5.41) is 26.9. The van der Waals surface area contributed by atoms with Crippen LogP contribution in [0.1, 0.15) is 111 Å². The number of benzene rings is 3. The largest absolute Gasteiger partial charge is 0.493 e. The van der Waals surface area contributed by atoms with Crippen molar-refractivity contribution in [1.82, 2.24) is 29.5 Å². The van der Waals surface area contributed by atoms with Gasteiger partial charge in [0.05, 0.1) is 59.6 Å². The van der Waals surface area contributed by atoms with Crippen molar-refractivity contribution in [3.8, 4) is 11.6 Å². The molecule has 1 saturated carbocycles. The van der Waals surface area contributed by atoms with Gasteiger partial charge in [0.1, 0.15) is 23.1 Å². The number of rotatable bonds is 16. The molecular weight excluding hydrogens is 1130 g/mol. The van der Waals surface area contributed by atoms with Crippen LogP contribution < -0.4 is 34.2 Å². The number of amides is 1. The van der Waals surface area contributed by atoms with Gasteiger partial charge in [0, 0.05) is 114 Å². The Kier molecular flexibility index (Phi) is 16.3. The third kappa shape index (κ3) is 12.0. The molecule has 7 aliphatic rings. The third-order valence-electron chi connectivity index (χ3n) is 19.8. The predicted molar refractivity (Wildman–Crippen MR) is 333 cm³/mol. The van der Waals surface area contributed by atoms with E-state index in [9.17, 15) is 28.4 Å². The lowest BCUT2D eigenvalue weighted by molar-refractivity contribution is -0.384. The summed E-state index contributed by atoms with van der Waals surface area (Å²) >= 11 is 0. The number of nitro groups is 1. The van der Waals surface area contributed by atoms with Crippen molar-refractivity contribution in [3.63, 3.8) is 0 Å². The van der Waals surface area contributed by atoms with Crippen LogP contribution >= 0.6 is 0 Å². The van der Waals surface area contributed by atoms with Crippen LogP contribution in [0.15, 0.2) is 96.2 Å². The van der Waals surface area contributed by atoms with Crippen molar-refractivity contribution in [2.75, 3.05) is 112 Å². The number of methoxy groups -OCH3 is 1. The van der Waals surface area contributed by atoms with E-state index in [1.54, 1.807) is 13.2 Å². The highest BCUT2D eigenvalue weighted by Gasteiger charge is 2.50. The molecule has 6 aliphatic heterocycles. The monoisotopic (exact) mass is 1210 g/mol. The van der Waals surface area contributed by atoms with Gasteiger partial charge in [-0.2, -0.15) is 4.98 Å². The van der Waals surface area contributed by atoms with Gasteiger partial charge < -0.3 is 49.1 Å². The van der Waals surface area contributed by atoms with Crippen molar-refractivity contribution < 1.29 is 42.2 Å². The van der Waals surface area contributed by atoms with Crippen LogP contribution in [0.2, 0.25) is 0 Å². The summed E-state index contributed by atoms with van der Waals surface area (Å²) in [6.07, 6.45) is 9.75. The Morgan fingerprint density at radius 1 is 0.897 bits per heavy atom. The molecule has 87 heavy (non-hydrogen) atoms. The Balaban J connectivity index is 0.743. The highest BCUT2D eigenvalue weighted by atomic mass is 32.2. The second-order valence-corrected chi connectivity index (χ2v) is 27.6. The normalized spacial score (nSPS) is 25.1. The molecule has 13 rings (SSSR count). The molecule has 1 amide bonds. The van der Waals surface area contributed by atoms with Crippen LogP contribution in [-0.4, -0.2) is 165 Å². The second kappa shape index (κ2) is 24.1. The number of fused-ring (bicyclic) bond motifs is 3. The zero-order valence-electron chi connectivity index (χ0n) is 50.3. The lowest BCUT2D eigenvalue weighted by atomic mass is 9.69. The number of ether oxygens (including phenoxy) is 4. The van der Waals surface area contributed by atoms with Crippen LogP contribution in [0.3, 0.4) is 0 Å². The number of morpholine rings is 1. The van der Waals surface area contributed by atoms with Crippen molar-refractivity contribution >= 4 is 61.2 Å². The number of anilines is 5. The summed E-state index contributed by atoms with van der Waals surface area (Å²) in [6.45, 7) is 16.9. The number of H-pyrrole nitrogens is 1. The number of pyridine rings is 2. The Hall–Kier alpha value is -7.08. The van der Waals surface area contributed by atoms with Crippen LogP contribution in [-0.2, 0) is 26.0 Å². The molecule has 0 unspecified atom stereocenters. The first-order chi connectivity index (χ1) is 42.0. The van der Waals surface area contributed by atoms with Gasteiger partial charge in [0.15, 0.2) is 11.6 Å². The molecule has 4 atom stereocenters. The summed E-state index contributed by atoms with van der Waals surface area (Å²) in [6, 6.07) is 24.5. The van der Waals surface area contributed by atoms with E-state index in [0.717, 1.165) is 125 Å². The molecular formula is C65H81N11O10S. The number of aliphatic hydroxyl groups is 1. The highest BCUT2D eigenvalue weighted by molar-refractivity contribution is 7.90. The van der Waals surface area contributed by atoms with Gasteiger partial charge in [-0.15, -0.1) is 0 Å². The van der Waals surface area contributed by atoms with Gasteiger partial charge in [-0.05, 0) is 141 Å². The molecule has 5 saturated heterocycles. The van der Waals surface area contributed by atoms with E-state index in [-0.39, 0.29) is 28.6 Å². The number of sulfonamides is 1. The van der Waals surface area contributed by atoms with E-state index in [1.165, 1.54) is 23.3 Å². The van der Waals surface area contributed by atoms with Crippen molar-refractivity contribution in [3.05, 3.63) is 124 Å². The SMILES string of the molecule is COc1cc(CN2CC[C@@H](N3CC4(CCN(c5ccc(C(=O)NS(=O)(=O)c6ccc(NCC7CCC(C)(O)CC7)c([N+](=O)[O-])c6)c(N6c7cc8cc[nH]c8nc7O[C@H]7COCC[C@@H]76)c5)CC4)C3)[C@H](c3ccccc3C(C)C)C2)cnc1N1CCOCC1. The van der Waals surface area contributed by atoms with Gasteiger partial charge >= 0.3 is 0 Å². The lowest BCUT2D eigenvalue weighted by Crippen LogP contribution is -2.65. The first-order valence-corrected chi connectivity index (χ1v) is 32.6. The van der Waals surface area contributed by atoms with Gasteiger partial charge in [0.2, 0.25) is 5.88 Å². The number of nitro benzene ring substituents is 1. The maximum Gasteiger partial charge on any atom is 0.293 e. The number of piperidine rings is 2. The fraction of sp³-hybridized carbons (Fsp3) is 0.523. The molecule has 21 nitrogen and oxygen atoms in total. The van der Waals surface area contributed by atoms with Crippen LogP contribution in [0.25, 0.3) is 11.0 Å². The molecule has 0 radical (unpaired) electrons. The number of hydrogen-bond acceptors (Lipinski definition) is 18. The Bertz CT molecular complexity index is 3620. The summed E-state index contributed by atoms with van der Waals surface area (Å²) < 4.78 is 55.0. The highest BCUT2D eigenvalue weighted by Crippen LogP contribution is 2.49. The molecule has 462 valence electrons. The fourth-order valence-electron chi connectivity index (χ4n) is 14.9. The standard InChI is InChI=1S/C65H81N11O10S/c1-42(2)48-7-5-6-8-49(48)51-38-71(37-44-31-58(83-4)61(68-36-44)73-26-29-84-30-27-73)23-16-53(51)74-40-65(41-74)20-24-72(25-21-65)46-9-11-50(55(33-46)75-54-17-28-85-39-59(54)86-63-57(75)32-45-15-22-66-60(45)69-63)62(77)70-87(81,82)47-10-12-52(56(34-47)76(79)80)67-35-43-13-18-64(3,78)19-14-43/h5-12,15,22,31-34,36,42-43,51,53-54,59,67,78H,13-14,16-21,23-30,35,37-41H2,1-4H3,(H,66,69)(H,70,77)/t43?,51-,53+,54-,59-,64?/m0/s1. The first kappa shape index (κ1) is 58.9. The number of aromatic amines is 1. The van der Waals surface area contributed by atoms with E-state index in [1.807, 2.05) is 43.6 Å². The Labute approximate surface area is 508 Å². The van der Waals surface area contributed by atoms with E-state index >= 15 is 0 Å². The molecule has 22 heteroatoms. The first-order valence-electron chi connectivity index (χ1n) is 31.1. The number of carbonyl (C=O) groups is 1. The van der Waals surface area contributed by atoms with E-state index < -0.39 is 43.1 Å². The average Bonchev–Trinajstić information content (AvgIpc) is 1.53. The number of likely N-dealkylation sites (tertiary alicyclic amines) is 2. The number of carbonyl (C=O) groups excluding carboxylic acids is 1. The molecule has 1 spiro atoms. The summed E-state index contributed by atoms with van der Waals surface area (Å²) in [5.41, 5.74) is 5.96. The molecule has 6 aromatic rings. The minimum atomic E-state index is -4.65. The maximum atomic E-state index is 14.9. The van der Waals surface area contributed by atoms with Crippen molar-refractivity contribution in [1.29, 1.82) is 0 Å². The topological polar surface area (TPSA) is 233 Å².